The molecule has 0 atom stereocenters. The van der Waals surface area contributed by atoms with E-state index in [1.54, 1.807) is 0 Å². The molecule has 8 heteroatoms. The van der Waals surface area contributed by atoms with Crippen LogP contribution in [0.4, 0.5) is 13.2 Å². The zero-order valence-corrected chi connectivity index (χ0v) is 9.22. The van der Waals surface area contributed by atoms with Crippen molar-refractivity contribution in [2.45, 2.75) is 19.3 Å². The van der Waals surface area contributed by atoms with E-state index in [0.29, 0.717) is 11.4 Å². The summed E-state index contributed by atoms with van der Waals surface area (Å²) in [4.78, 5) is 0. The third-order valence-corrected chi connectivity index (χ3v) is 2.40. The van der Waals surface area contributed by atoms with E-state index in [1.807, 2.05) is 0 Å². The van der Waals surface area contributed by atoms with Crippen molar-refractivity contribution in [1.29, 1.82) is 0 Å². The fourth-order valence-electron chi connectivity index (χ4n) is 1.46. The highest BCUT2D eigenvalue weighted by Gasteiger charge is 2.29. The largest absolute Gasteiger partial charge is 0.416 e. The first-order chi connectivity index (χ1) is 8.50. The van der Waals surface area contributed by atoms with Crippen molar-refractivity contribution in [2.24, 2.45) is 5.73 Å². The van der Waals surface area contributed by atoms with Gasteiger partial charge in [0, 0.05) is 0 Å². The monoisotopic (exact) mass is 257 g/mol. The molecular weight excluding hydrogens is 247 g/mol. The van der Waals surface area contributed by atoms with Crippen LogP contribution in [0, 0.1) is 0 Å². The number of rotatable bonds is 3. The SMILES string of the molecule is NCc1nnnn1Cc1ccc(C(F)(F)F)cc1. The summed E-state index contributed by atoms with van der Waals surface area (Å²) in [6.45, 7) is 0.464. The first kappa shape index (κ1) is 12.5. The van der Waals surface area contributed by atoms with Crippen LogP contribution in [-0.4, -0.2) is 20.2 Å². The number of aromatic nitrogens is 4. The Morgan fingerprint density at radius 2 is 1.83 bits per heavy atom. The van der Waals surface area contributed by atoms with Gasteiger partial charge in [0.05, 0.1) is 18.7 Å². The van der Waals surface area contributed by atoms with Crippen molar-refractivity contribution in [3.8, 4) is 0 Å². The van der Waals surface area contributed by atoms with E-state index in [4.69, 9.17) is 5.73 Å². The van der Waals surface area contributed by atoms with Crippen LogP contribution in [0.2, 0.25) is 0 Å². The summed E-state index contributed by atoms with van der Waals surface area (Å²) >= 11 is 0. The Hall–Kier alpha value is -1.96. The number of alkyl halides is 3. The molecule has 0 spiro atoms. The third kappa shape index (κ3) is 2.65. The molecule has 1 heterocycles. The lowest BCUT2D eigenvalue weighted by molar-refractivity contribution is -0.137. The average Bonchev–Trinajstić information content (AvgIpc) is 2.76. The lowest BCUT2D eigenvalue weighted by Crippen LogP contribution is -2.11. The summed E-state index contributed by atoms with van der Waals surface area (Å²) in [5.41, 5.74) is 5.41. The van der Waals surface area contributed by atoms with Crippen LogP contribution in [0.15, 0.2) is 24.3 Å². The molecule has 0 radical (unpaired) electrons. The number of hydrogen-bond donors (Lipinski definition) is 1. The Balaban J connectivity index is 2.16. The van der Waals surface area contributed by atoms with Gasteiger partial charge in [-0.2, -0.15) is 13.2 Å². The van der Waals surface area contributed by atoms with Gasteiger partial charge in [0.1, 0.15) is 0 Å². The van der Waals surface area contributed by atoms with Crippen molar-refractivity contribution < 1.29 is 13.2 Å². The van der Waals surface area contributed by atoms with Crippen molar-refractivity contribution in [1.82, 2.24) is 20.2 Å². The minimum absolute atomic E-state index is 0.174. The number of nitrogens with zero attached hydrogens (tertiary/aromatic N) is 4. The minimum atomic E-state index is -4.32. The summed E-state index contributed by atoms with van der Waals surface area (Å²) in [6.07, 6.45) is -4.32. The zero-order chi connectivity index (χ0) is 13.2. The highest BCUT2D eigenvalue weighted by atomic mass is 19.4. The lowest BCUT2D eigenvalue weighted by atomic mass is 10.1. The third-order valence-electron chi connectivity index (χ3n) is 2.40. The highest BCUT2D eigenvalue weighted by Crippen LogP contribution is 2.29. The number of benzene rings is 1. The second kappa shape index (κ2) is 4.73. The van der Waals surface area contributed by atoms with Crippen molar-refractivity contribution in [3.05, 3.63) is 41.2 Å². The van der Waals surface area contributed by atoms with Crippen molar-refractivity contribution >= 4 is 0 Å². The summed E-state index contributed by atoms with van der Waals surface area (Å²) in [5, 5.41) is 10.8. The first-order valence-corrected chi connectivity index (χ1v) is 5.12. The predicted molar refractivity (Wildman–Crippen MR) is 56.3 cm³/mol. The van der Waals surface area contributed by atoms with E-state index in [-0.39, 0.29) is 13.1 Å². The Morgan fingerprint density at radius 1 is 1.17 bits per heavy atom. The van der Waals surface area contributed by atoms with Crippen LogP contribution in [0.1, 0.15) is 17.0 Å². The molecule has 0 aliphatic heterocycles. The second-order valence-electron chi connectivity index (χ2n) is 3.65. The topological polar surface area (TPSA) is 69.6 Å². The Morgan fingerprint density at radius 3 is 2.39 bits per heavy atom. The summed E-state index contributed by atoms with van der Waals surface area (Å²) in [6, 6.07) is 4.85. The average molecular weight is 257 g/mol. The lowest BCUT2D eigenvalue weighted by Gasteiger charge is -2.08. The molecule has 0 unspecified atom stereocenters. The highest BCUT2D eigenvalue weighted by molar-refractivity contribution is 5.24. The van der Waals surface area contributed by atoms with Gasteiger partial charge in [-0.3, -0.25) is 0 Å². The molecule has 18 heavy (non-hydrogen) atoms. The van der Waals surface area contributed by atoms with Crippen LogP contribution in [0.3, 0.4) is 0 Å². The molecule has 0 saturated heterocycles. The van der Waals surface area contributed by atoms with Gasteiger partial charge in [-0.1, -0.05) is 12.1 Å². The van der Waals surface area contributed by atoms with E-state index in [1.165, 1.54) is 16.8 Å². The van der Waals surface area contributed by atoms with Gasteiger partial charge in [0.2, 0.25) is 0 Å². The number of tetrazole rings is 1. The normalized spacial score (nSPS) is 11.8. The molecular formula is C10H10F3N5. The molecule has 0 aliphatic rings. The van der Waals surface area contributed by atoms with Gasteiger partial charge in [-0.25, -0.2) is 4.68 Å². The smallest absolute Gasteiger partial charge is 0.324 e. The fraction of sp³-hybridized carbons (Fsp3) is 0.300. The van der Waals surface area contributed by atoms with Gasteiger partial charge in [0.15, 0.2) is 5.82 Å². The van der Waals surface area contributed by atoms with Crippen LogP contribution >= 0.6 is 0 Å². The molecule has 2 aromatic rings. The van der Waals surface area contributed by atoms with Gasteiger partial charge in [-0.05, 0) is 28.1 Å². The molecule has 2 rings (SSSR count). The molecule has 2 N–H and O–H groups in total. The number of halogens is 3. The van der Waals surface area contributed by atoms with E-state index >= 15 is 0 Å². The van der Waals surface area contributed by atoms with Crippen LogP contribution in [0.25, 0.3) is 0 Å². The van der Waals surface area contributed by atoms with Crippen LogP contribution < -0.4 is 5.73 Å². The van der Waals surface area contributed by atoms with E-state index in [2.05, 4.69) is 15.5 Å². The molecule has 0 aliphatic carbocycles. The van der Waals surface area contributed by atoms with Gasteiger partial charge in [0.25, 0.3) is 0 Å². The first-order valence-electron chi connectivity index (χ1n) is 5.12. The maximum atomic E-state index is 12.4. The van der Waals surface area contributed by atoms with E-state index in [0.717, 1.165) is 12.1 Å². The van der Waals surface area contributed by atoms with Crippen LogP contribution in [0.5, 0.6) is 0 Å². The molecule has 0 fully saturated rings. The maximum Gasteiger partial charge on any atom is 0.416 e. The van der Waals surface area contributed by atoms with Gasteiger partial charge < -0.3 is 5.73 Å². The molecule has 1 aromatic carbocycles. The van der Waals surface area contributed by atoms with E-state index in [9.17, 15) is 13.2 Å². The number of hydrogen-bond acceptors (Lipinski definition) is 4. The fourth-order valence-corrected chi connectivity index (χ4v) is 1.46. The molecule has 0 saturated carbocycles. The minimum Gasteiger partial charge on any atom is -0.324 e. The molecule has 0 bridgehead atoms. The molecule has 1 aromatic heterocycles. The number of nitrogens with two attached hydrogens (primary N) is 1. The second-order valence-corrected chi connectivity index (χ2v) is 3.65. The van der Waals surface area contributed by atoms with Gasteiger partial charge in [-0.15, -0.1) is 5.10 Å². The Labute approximate surface area is 100 Å². The molecule has 96 valence electrons. The molecule has 5 nitrogen and oxygen atoms in total. The summed E-state index contributed by atoms with van der Waals surface area (Å²) in [7, 11) is 0. The van der Waals surface area contributed by atoms with E-state index < -0.39 is 11.7 Å². The Bertz CT molecular complexity index is 517. The van der Waals surface area contributed by atoms with Crippen molar-refractivity contribution in [2.75, 3.05) is 0 Å². The standard InChI is InChI=1S/C10H10F3N5/c11-10(12,13)8-3-1-7(2-4-8)6-18-9(5-14)15-16-17-18/h1-4H,5-6,14H2. The van der Waals surface area contributed by atoms with Crippen molar-refractivity contribution in [3.63, 3.8) is 0 Å². The summed E-state index contributed by atoms with van der Waals surface area (Å²) < 4.78 is 38.5. The maximum absolute atomic E-state index is 12.4. The zero-order valence-electron chi connectivity index (χ0n) is 9.22. The Kier molecular flexibility index (Phi) is 3.28. The summed E-state index contributed by atoms with van der Waals surface area (Å²) in [5.74, 6) is 0.481. The van der Waals surface area contributed by atoms with Gasteiger partial charge >= 0.3 is 6.18 Å². The quantitative estimate of drug-likeness (QED) is 0.897. The van der Waals surface area contributed by atoms with Crippen LogP contribution in [-0.2, 0) is 19.3 Å². The molecule has 0 amide bonds. The predicted octanol–water partition coefficient (Wildman–Crippen LogP) is 1.20.